The third-order valence-electron chi connectivity index (χ3n) is 3.93. The predicted octanol–water partition coefficient (Wildman–Crippen LogP) is 2.90. The topological polar surface area (TPSA) is 24.5 Å². The first-order chi connectivity index (χ1) is 8.62. The van der Waals surface area contributed by atoms with Gasteiger partial charge in [0.25, 0.3) is 0 Å². The van der Waals surface area contributed by atoms with Gasteiger partial charge in [-0.3, -0.25) is 4.90 Å². The zero-order chi connectivity index (χ0) is 14.0. The van der Waals surface area contributed by atoms with Crippen LogP contribution in [0.1, 0.15) is 53.9 Å². The van der Waals surface area contributed by atoms with Gasteiger partial charge in [-0.15, -0.1) is 0 Å². The first-order valence-corrected chi connectivity index (χ1v) is 7.60. The average molecular weight is 258 g/mol. The third kappa shape index (κ3) is 6.17. The Labute approximate surface area is 114 Å². The van der Waals surface area contributed by atoms with E-state index in [0.29, 0.717) is 18.1 Å². The van der Waals surface area contributed by atoms with Gasteiger partial charge in [-0.2, -0.15) is 0 Å². The van der Waals surface area contributed by atoms with Gasteiger partial charge in [-0.05, 0) is 39.7 Å². The van der Waals surface area contributed by atoms with Crippen molar-refractivity contribution in [1.82, 2.24) is 10.2 Å². The van der Waals surface area contributed by atoms with E-state index in [1.807, 2.05) is 0 Å². The van der Waals surface area contributed by atoms with Gasteiger partial charge in [-0.1, -0.05) is 20.8 Å². The summed E-state index contributed by atoms with van der Waals surface area (Å²) in [5.74, 6) is 0. The van der Waals surface area contributed by atoms with Gasteiger partial charge < -0.3 is 10.1 Å². The van der Waals surface area contributed by atoms with Crippen LogP contribution in [0.4, 0.5) is 0 Å². The highest BCUT2D eigenvalue weighted by atomic mass is 16.5. The molecule has 0 fully saturated rings. The minimum Gasteiger partial charge on any atom is -0.383 e. The molecule has 0 radical (unpaired) electrons. The van der Waals surface area contributed by atoms with Crippen LogP contribution < -0.4 is 5.32 Å². The van der Waals surface area contributed by atoms with Gasteiger partial charge >= 0.3 is 0 Å². The molecule has 0 bridgehead atoms. The highest BCUT2D eigenvalue weighted by Gasteiger charge is 2.24. The Morgan fingerprint density at radius 3 is 2.17 bits per heavy atom. The van der Waals surface area contributed by atoms with Crippen molar-refractivity contribution in [2.45, 2.75) is 72.0 Å². The number of hydrogen-bond acceptors (Lipinski definition) is 3. The Morgan fingerprint density at radius 2 is 1.72 bits per heavy atom. The molecule has 0 aromatic heterocycles. The molecule has 0 aromatic rings. The second kappa shape index (κ2) is 10.8. The molecule has 3 heteroatoms. The van der Waals surface area contributed by atoms with E-state index < -0.39 is 0 Å². The molecule has 0 aliphatic heterocycles. The summed E-state index contributed by atoms with van der Waals surface area (Å²) in [6.45, 7) is 14.4. The molecule has 18 heavy (non-hydrogen) atoms. The predicted molar refractivity (Wildman–Crippen MR) is 80.2 cm³/mol. The zero-order valence-corrected chi connectivity index (χ0v) is 13.3. The Bertz CT molecular complexity index is 183. The monoisotopic (exact) mass is 258 g/mol. The minimum absolute atomic E-state index is 0.530. The fourth-order valence-corrected chi connectivity index (χ4v) is 2.50. The fourth-order valence-electron chi connectivity index (χ4n) is 2.50. The van der Waals surface area contributed by atoms with Crippen LogP contribution in [-0.2, 0) is 4.74 Å². The SMILES string of the molecule is CCCNC(C)C(C)N(CCOC)C(CC)CC. The number of nitrogens with zero attached hydrogens (tertiary/aromatic N) is 1. The van der Waals surface area contributed by atoms with Gasteiger partial charge in [0, 0.05) is 31.8 Å². The quantitative estimate of drug-likeness (QED) is 0.617. The summed E-state index contributed by atoms with van der Waals surface area (Å²) in [5.41, 5.74) is 0. The fraction of sp³-hybridized carbons (Fsp3) is 1.00. The van der Waals surface area contributed by atoms with Crippen LogP contribution >= 0.6 is 0 Å². The molecule has 0 rings (SSSR count). The second-order valence-corrected chi connectivity index (χ2v) is 5.18. The number of ether oxygens (including phenoxy) is 1. The molecular weight excluding hydrogens is 224 g/mol. The lowest BCUT2D eigenvalue weighted by atomic mass is 10.0. The van der Waals surface area contributed by atoms with Gasteiger partial charge in [0.05, 0.1) is 6.61 Å². The van der Waals surface area contributed by atoms with E-state index in [9.17, 15) is 0 Å². The highest BCUT2D eigenvalue weighted by molar-refractivity contribution is 4.82. The molecule has 2 atom stereocenters. The second-order valence-electron chi connectivity index (χ2n) is 5.18. The minimum atomic E-state index is 0.530. The summed E-state index contributed by atoms with van der Waals surface area (Å²) >= 11 is 0. The van der Waals surface area contributed by atoms with E-state index >= 15 is 0 Å². The maximum Gasteiger partial charge on any atom is 0.0589 e. The van der Waals surface area contributed by atoms with Crippen molar-refractivity contribution >= 4 is 0 Å². The molecule has 0 aromatic carbocycles. The number of nitrogens with one attached hydrogen (secondary N) is 1. The maximum absolute atomic E-state index is 5.26. The Morgan fingerprint density at radius 1 is 1.11 bits per heavy atom. The molecular formula is C15H34N2O. The van der Waals surface area contributed by atoms with E-state index in [0.717, 1.165) is 19.7 Å². The lowest BCUT2D eigenvalue weighted by Crippen LogP contribution is -2.52. The molecule has 2 unspecified atom stereocenters. The van der Waals surface area contributed by atoms with E-state index in [-0.39, 0.29) is 0 Å². The summed E-state index contributed by atoms with van der Waals surface area (Å²) in [6, 6.07) is 1.75. The van der Waals surface area contributed by atoms with Crippen molar-refractivity contribution in [3.05, 3.63) is 0 Å². The first-order valence-electron chi connectivity index (χ1n) is 7.60. The Balaban J connectivity index is 4.50. The van der Waals surface area contributed by atoms with E-state index in [4.69, 9.17) is 4.74 Å². The van der Waals surface area contributed by atoms with E-state index in [1.165, 1.54) is 19.3 Å². The van der Waals surface area contributed by atoms with Crippen molar-refractivity contribution in [2.24, 2.45) is 0 Å². The standard InChI is InChI=1S/C15H34N2O/c1-7-10-16-13(4)14(5)17(11-12-18-6)15(8-2)9-3/h13-16H,7-12H2,1-6H3. The Hall–Kier alpha value is -0.120. The van der Waals surface area contributed by atoms with Crippen LogP contribution in [0.2, 0.25) is 0 Å². The van der Waals surface area contributed by atoms with Gasteiger partial charge in [0.15, 0.2) is 0 Å². The van der Waals surface area contributed by atoms with Crippen molar-refractivity contribution in [3.8, 4) is 0 Å². The smallest absolute Gasteiger partial charge is 0.0589 e. The third-order valence-corrected chi connectivity index (χ3v) is 3.93. The van der Waals surface area contributed by atoms with Gasteiger partial charge in [0.1, 0.15) is 0 Å². The van der Waals surface area contributed by atoms with E-state index in [1.54, 1.807) is 7.11 Å². The van der Waals surface area contributed by atoms with Crippen LogP contribution in [0.3, 0.4) is 0 Å². The lowest BCUT2D eigenvalue weighted by Gasteiger charge is -2.39. The first kappa shape index (κ1) is 17.9. The molecule has 0 saturated heterocycles. The summed E-state index contributed by atoms with van der Waals surface area (Å²) in [6.07, 6.45) is 3.62. The van der Waals surface area contributed by atoms with Crippen molar-refractivity contribution in [3.63, 3.8) is 0 Å². The van der Waals surface area contributed by atoms with Crippen molar-refractivity contribution in [2.75, 3.05) is 26.8 Å². The van der Waals surface area contributed by atoms with Crippen molar-refractivity contribution < 1.29 is 4.74 Å². The zero-order valence-electron chi connectivity index (χ0n) is 13.3. The van der Waals surface area contributed by atoms with Crippen LogP contribution in [-0.4, -0.2) is 49.8 Å². The molecule has 110 valence electrons. The van der Waals surface area contributed by atoms with Crippen LogP contribution in [0.25, 0.3) is 0 Å². The van der Waals surface area contributed by atoms with Gasteiger partial charge in [-0.25, -0.2) is 0 Å². The summed E-state index contributed by atoms with van der Waals surface area (Å²) in [4.78, 5) is 2.61. The van der Waals surface area contributed by atoms with Crippen LogP contribution in [0.15, 0.2) is 0 Å². The van der Waals surface area contributed by atoms with E-state index in [2.05, 4.69) is 44.8 Å². The number of methoxy groups -OCH3 is 1. The largest absolute Gasteiger partial charge is 0.383 e. The molecule has 0 aliphatic carbocycles. The number of hydrogen-bond donors (Lipinski definition) is 1. The number of rotatable bonds is 11. The lowest BCUT2D eigenvalue weighted by molar-refractivity contribution is 0.0724. The average Bonchev–Trinajstić information content (AvgIpc) is 2.40. The van der Waals surface area contributed by atoms with Gasteiger partial charge in [0.2, 0.25) is 0 Å². The molecule has 0 spiro atoms. The molecule has 0 heterocycles. The summed E-state index contributed by atoms with van der Waals surface area (Å²) < 4.78 is 5.26. The normalized spacial score (nSPS) is 15.3. The molecule has 0 amide bonds. The van der Waals surface area contributed by atoms with Crippen LogP contribution in [0.5, 0.6) is 0 Å². The molecule has 0 saturated carbocycles. The molecule has 0 aliphatic rings. The summed E-state index contributed by atoms with van der Waals surface area (Å²) in [7, 11) is 1.79. The molecule has 1 N–H and O–H groups in total. The maximum atomic E-state index is 5.26. The molecule has 3 nitrogen and oxygen atoms in total. The van der Waals surface area contributed by atoms with Crippen molar-refractivity contribution in [1.29, 1.82) is 0 Å². The Kier molecular flexibility index (Phi) is 10.7. The van der Waals surface area contributed by atoms with Crippen LogP contribution in [0, 0.1) is 0 Å². The summed E-state index contributed by atoms with van der Waals surface area (Å²) in [5, 5.41) is 3.61. The highest BCUT2D eigenvalue weighted by Crippen LogP contribution is 2.15.